The fourth-order valence-corrected chi connectivity index (χ4v) is 3.65. The summed E-state index contributed by atoms with van der Waals surface area (Å²) >= 11 is 0.806. The highest BCUT2D eigenvalue weighted by Crippen LogP contribution is 2.55. The van der Waals surface area contributed by atoms with E-state index in [2.05, 4.69) is 13.5 Å². The standard InChI is InChI=1S/C8H13N2O7PS2/c1-8(4-5-8)6-9-10(7(11)15-6)18(12,16-19-13-2)17-20-14-3/h4-5H2,1-3H3. The van der Waals surface area contributed by atoms with Gasteiger partial charge in [-0.3, -0.25) is 8.37 Å². The molecule has 1 aliphatic carbocycles. The fourth-order valence-electron chi connectivity index (χ4n) is 1.28. The molecular formula is C8H13N2O7PS2. The molecule has 1 aromatic heterocycles. The van der Waals surface area contributed by atoms with E-state index in [1.165, 1.54) is 14.2 Å². The molecule has 1 aromatic rings. The molecule has 0 N–H and O–H groups in total. The minimum Gasteiger partial charge on any atom is -0.391 e. The van der Waals surface area contributed by atoms with Crippen LogP contribution in [-0.4, -0.2) is 23.8 Å². The normalized spacial score (nSPS) is 17.4. The van der Waals surface area contributed by atoms with Crippen LogP contribution in [0.25, 0.3) is 0 Å². The van der Waals surface area contributed by atoms with E-state index >= 15 is 0 Å². The van der Waals surface area contributed by atoms with Crippen molar-refractivity contribution in [2.75, 3.05) is 14.2 Å². The number of aromatic nitrogens is 2. The van der Waals surface area contributed by atoms with Gasteiger partial charge in [0.2, 0.25) is 5.89 Å². The Morgan fingerprint density at radius 2 is 1.85 bits per heavy atom. The summed E-state index contributed by atoms with van der Waals surface area (Å²) in [5.41, 5.74) is -0.294. The van der Waals surface area contributed by atoms with Crippen LogP contribution in [-0.2, 0) is 26.3 Å². The molecule has 114 valence electrons. The third-order valence-electron chi connectivity index (χ3n) is 2.67. The van der Waals surface area contributed by atoms with Gasteiger partial charge in [-0.25, -0.2) is 9.36 Å². The molecule has 1 fully saturated rings. The van der Waals surface area contributed by atoms with Gasteiger partial charge in [0.25, 0.3) is 0 Å². The van der Waals surface area contributed by atoms with Gasteiger partial charge in [0.05, 0.1) is 14.2 Å². The molecule has 0 radical (unpaired) electrons. The van der Waals surface area contributed by atoms with Crippen molar-refractivity contribution in [3.05, 3.63) is 16.4 Å². The highest BCUT2D eigenvalue weighted by Gasteiger charge is 2.46. The van der Waals surface area contributed by atoms with Gasteiger partial charge in [-0.15, -0.1) is 5.10 Å². The number of hydrogen-bond donors (Lipinski definition) is 0. The van der Waals surface area contributed by atoms with Crippen LogP contribution in [0.1, 0.15) is 25.7 Å². The second-order valence-corrected chi connectivity index (χ2v) is 7.66. The molecule has 1 aliphatic rings. The molecule has 1 saturated carbocycles. The minimum absolute atomic E-state index is 0.208. The summed E-state index contributed by atoms with van der Waals surface area (Å²) in [5, 5.41) is 3.91. The molecule has 0 aromatic carbocycles. The second-order valence-electron chi connectivity index (χ2n) is 4.21. The van der Waals surface area contributed by atoms with Gasteiger partial charge in [-0.1, -0.05) is 11.4 Å². The average Bonchev–Trinajstić information content (AvgIpc) is 3.04. The summed E-state index contributed by atoms with van der Waals surface area (Å²) < 4.78 is 37.0. The fraction of sp³-hybridized carbons (Fsp3) is 0.750. The van der Waals surface area contributed by atoms with Crippen molar-refractivity contribution in [3.63, 3.8) is 0 Å². The lowest BCUT2D eigenvalue weighted by Crippen LogP contribution is -2.15. The zero-order valence-corrected chi connectivity index (χ0v) is 13.5. The summed E-state index contributed by atoms with van der Waals surface area (Å²) in [7, 11) is -1.48. The van der Waals surface area contributed by atoms with Gasteiger partial charge < -0.3 is 4.42 Å². The van der Waals surface area contributed by atoms with Crippen LogP contribution in [0.5, 0.6) is 0 Å². The molecule has 0 saturated heterocycles. The van der Waals surface area contributed by atoms with Crippen molar-refractivity contribution in [2.45, 2.75) is 25.2 Å². The molecule has 0 amide bonds. The zero-order chi connectivity index (χ0) is 14.8. The molecule has 12 heteroatoms. The molecule has 0 aliphatic heterocycles. The predicted molar refractivity (Wildman–Crippen MR) is 71.7 cm³/mol. The Balaban J connectivity index is 2.30. The summed E-state index contributed by atoms with van der Waals surface area (Å²) in [5.74, 6) is -0.718. The lowest BCUT2D eigenvalue weighted by molar-refractivity contribution is 0.357. The van der Waals surface area contributed by atoms with Crippen LogP contribution in [0.2, 0.25) is 0 Å². The molecule has 2 rings (SSSR count). The van der Waals surface area contributed by atoms with E-state index in [9.17, 15) is 9.36 Å². The molecule has 0 atom stereocenters. The van der Waals surface area contributed by atoms with Crippen molar-refractivity contribution in [2.24, 2.45) is 0 Å². The van der Waals surface area contributed by atoms with E-state index < -0.39 is 13.5 Å². The Morgan fingerprint density at radius 1 is 1.30 bits per heavy atom. The Labute approximate surface area is 123 Å². The second kappa shape index (κ2) is 6.22. The monoisotopic (exact) mass is 344 g/mol. The van der Waals surface area contributed by atoms with Crippen LogP contribution in [0.15, 0.2) is 9.21 Å². The van der Waals surface area contributed by atoms with Crippen LogP contribution in [0.3, 0.4) is 0 Å². The van der Waals surface area contributed by atoms with E-state index in [1.54, 1.807) is 0 Å². The van der Waals surface area contributed by atoms with Gasteiger partial charge in [0.1, 0.15) is 0 Å². The average molecular weight is 344 g/mol. The lowest BCUT2D eigenvalue weighted by Gasteiger charge is -2.11. The first-order valence-corrected chi connectivity index (χ1v) is 8.28. The van der Waals surface area contributed by atoms with Crippen LogP contribution < -0.4 is 5.76 Å². The Morgan fingerprint density at radius 3 is 2.30 bits per heavy atom. The first-order chi connectivity index (χ1) is 9.45. The van der Waals surface area contributed by atoms with E-state index in [0.29, 0.717) is 29.1 Å². The Bertz CT molecular complexity index is 557. The molecule has 0 unspecified atom stereocenters. The first-order valence-electron chi connectivity index (χ1n) is 5.45. The molecule has 1 heterocycles. The third-order valence-corrected chi connectivity index (χ3v) is 5.65. The molecule has 0 spiro atoms. The van der Waals surface area contributed by atoms with E-state index in [-0.39, 0.29) is 11.3 Å². The summed E-state index contributed by atoms with van der Waals surface area (Å²) in [6, 6.07) is 0. The van der Waals surface area contributed by atoms with Gasteiger partial charge in [-0.05, 0) is 12.8 Å². The van der Waals surface area contributed by atoms with E-state index in [4.69, 9.17) is 12.4 Å². The summed E-state index contributed by atoms with van der Waals surface area (Å²) in [6.07, 6.45) is 1.69. The zero-order valence-electron chi connectivity index (χ0n) is 10.9. The highest BCUT2D eigenvalue weighted by molar-refractivity contribution is 7.97. The van der Waals surface area contributed by atoms with Crippen molar-refractivity contribution < 1.29 is 25.3 Å². The van der Waals surface area contributed by atoms with Crippen LogP contribution in [0, 0.1) is 0 Å². The summed E-state index contributed by atoms with van der Waals surface area (Å²) in [6.45, 7) is 1.89. The third kappa shape index (κ3) is 3.30. The highest BCUT2D eigenvalue weighted by atomic mass is 32.2. The maximum absolute atomic E-state index is 12.5. The Hall–Kier alpha value is -0.290. The van der Waals surface area contributed by atoms with Gasteiger partial charge in [-0.2, -0.15) is 7.94 Å². The smallest absolute Gasteiger partial charge is 0.391 e. The Kier molecular flexibility index (Phi) is 5.00. The molecular weight excluding hydrogens is 331 g/mol. The number of rotatable bonds is 8. The quantitative estimate of drug-likeness (QED) is 0.515. The van der Waals surface area contributed by atoms with Crippen molar-refractivity contribution >= 4 is 32.4 Å². The maximum Gasteiger partial charge on any atom is 0.487 e. The predicted octanol–water partition coefficient (Wildman–Crippen LogP) is 2.30. The van der Waals surface area contributed by atoms with E-state index in [0.717, 1.165) is 12.8 Å². The largest absolute Gasteiger partial charge is 0.487 e. The number of hydrogen-bond acceptors (Lipinski definition) is 10. The maximum atomic E-state index is 12.5. The van der Waals surface area contributed by atoms with Crippen molar-refractivity contribution in [1.82, 2.24) is 9.55 Å². The molecule has 0 bridgehead atoms. The molecule has 9 nitrogen and oxygen atoms in total. The van der Waals surface area contributed by atoms with E-state index in [1.807, 2.05) is 6.92 Å². The number of nitrogens with zero attached hydrogens (tertiary/aromatic N) is 2. The molecule has 20 heavy (non-hydrogen) atoms. The SMILES string of the molecule is COSOP(=O)(OSOC)n1nc(C2(C)CC2)oc1=O. The topological polar surface area (TPSA) is 102 Å². The van der Waals surface area contributed by atoms with Gasteiger partial charge in [0, 0.05) is 5.41 Å². The first kappa shape index (κ1) is 16.1. The lowest BCUT2D eigenvalue weighted by atomic mass is 10.1. The van der Waals surface area contributed by atoms with Gasteiger partial charge in [0.15, 0.2) is 24.6 Å². The van der Waals surface area contributed by atoms with Gasteiger partial charge >= 0.3 is 13.5 Å². The summed E-state index contributed by atoms with van der Waals surface area (Å²) in [4.78, 5) is 11.8. The minimum atomic E-state index is -4.09. The van der Waals surface area contributed by atoms with Crippen LogP contribution >= 0.6 is 32.4 Å². The van der Waals surface area contributed by atoms with Crippen LogP contribution in [0.4, 0.5) is 0 Å². The van der Waals surface area contributed by atoms with Crippen molar-refractivity contribution in [3.8, 4) is 0 Å². The van der Waals surface area contributed by atoms with Crippen molar-refractivity contribution in [1.29, 1.82) is 0 Å².